The van der Waals surface area contributed by atoms with Crippen LogP contribution in [-0.2, 0) is 16.1 Å². The van der Waals surface area contributed by atoms with E-state index in [0.717, 1.165) is 11.3 Å². The number of hydrogen-bond donors (Lipinski definition) is 4. The first-order valence-electron chi connectivity index (χ1n) is 10.8. The fourth-order valence-electron chi connectivity index (χ4n) is 3.52. The predicted molar refractivity (Wildman–Crippen MR) is 136 cm³/mol. The van der Waals surface area contributed by atoms with Crippen LogP contribution in [0.2, 0.25) is 0 Å². The van der Waals surface area contributed by atoms with E-state index < -0.39 is 23.9 Å². The van der Waals surface area contributed by atoms with Gasteiger partial charge in [0.05, 0.1) is 17.4 Å². The minimum Gasteiger partial charge on any atom is -0.481 e. The monoisotopic (exact) mass is 508 g/mol. The van der Waals surface area contributed by atoms with Crippen molar-refractivity contribution >= 4 is 46.2 Å². The molecule has 1 aromatic heterocycles. The van der Waals surface area contributed by atoms with E-state index >= 15 is 0 Å². The molecule has 1 amide bonds. The minimum atomic E-state index is -1.32. The number of nitrogens with one attached hydrogen (secondary N) is 2. The molecule has 1 heterocycles. The number of fused-ring (bicyclic) bond motifs is 1. The topological polar surface area (TPSA) is 153 Å². The van der Waals surface area contributed by atoms with Gasteiger partial charge in [-0.1, -0.05) is 23.7 Å². The molecule has 0 fully saturated rings. The normalized spacial score (nSPS) is 11.4. The molecule has 0 bridgehead atoms. The zero-order valence-electron chi connectivity index (χ0n) is 19.4. The molecule has 3 aromatic rings. The Hall–Kier alpha value is -4.30. The highest BCUT2D eigenvalue weighted by Gasteiger charge is 2.21. The quantitative estimate of drug-likeness (QED) is 0.174. The number of hydrogen-bond acceptors (Lipinski definition) is 7. The van der Waals surface area contributed by atoms with Gasteiger partial charge in [-0.15, -0.1) is 6.42 Å². The van der Waals surface area contributed by atoms with Crippen LogP contribution in [0.4, 0.5) is 5.69 Å². The predicted octanol–water partition coefficient (Wildman–Crippen LogP) is 2.33. The van der Waals surface area contributed by atoms with Crippen molar-refractivity contribution in [3.05, 3.63) is 63.9 Å². The van der Waals surface area contributed by atoms with Crippen molar-refractivity contribution in [1.29, 1.82) is 0 Å². The summed E-state index contributed by atoms with van der Waals surface area (Å²) < 4.78 is 0. The van der Waals surface area contributed by atoms with Gasteiger partial charge in [0.1, 0.15) is 6.04 Å². The van der Waals surface area contributed by atoms with Crippen LogP contribution < -0.4 is 15.8 Å². The summed E-state index contributed by atoms with van der Waals surface area (Å²) >= 11 is 1.35. The summed E-state index contributed by atoms with van der Waals surface area (Å²) in [4.78, 5) is 56.0. The zero-order chi connectivity index (χ0) is 26.2. The highest BCUT2D eigenvalue weighted by Crippen LogP contribution is 2.20. The maximum absolute atomic E-state index is 12.5. The number of thioether (sulfide) groups is 1. The van der Waals surface area contributed by atoms with Crippen LogP contribution >= 0.6 is 11.8 Å². The van der Waals surface area contributed by atoms with E-state index in [1.807, 2.05) is 17.2 Å². The molecular weight excluding hydrogens is 484 g/mol. The molecule has 0 saturated heterocycles. The number of nitrogens with zero attached hydrogens (tertiary/aromatic N) is 2. The van der Waals surface area contributed by atoms with Gasteiger partial charge in [0, 0.05) is 24.2 Å². The van der Waals surface area contributed by atoms with Crippen molar-refractivity contribution in [1.82, 2.24) is 15.3 Å². The summed E-state index contributed by atoms with van der Waals surface area (Å²) in [5.41, 5.74) is 2.14. The fourth-order valence-corrected chi connectivity index (χ4v) is 3.90. The lowest BCUT2D eigenvalue weighted by Gasteiger charge is -2.23. The third-order valence-corrected chi connectivity index (χ3v) is 5.92. The van der Waals surface area contributed by atoms with Crippen molar-refractivity contribution in [3.63, 3.8) is 0 Å². The van der Waals surface area contributed by atoms with Gasteiger partial charge >= 0.3 is 11.9 Å². The zero-order valence-corrected chi connectivity index (χ0v) is 20.2. The number of amides is 1. The molecular formula is C25H24N4O6S. The number of anilines is 1. The number of carbonyl (C=O) groups is 3. The van der Waals surface area contributed by atoms with Crippen LogP contribution in [0, 0.1) is 12.3 Å². The molecule has 4 N–H and O–H groups in total. The van der Waals surface area contributed by atoms with Gasteiger partial charge in [-0.05, 0) is 54.6 Å². The van der Waals surface area contributed by atoms with E-state index in [9.17, 15) is 24.3 Å². The number of benzene rings is 2. The van der Waals surface area contributed by atoms with E-state index in [1.54, 1.807) is 24.3 Å². The van der Waals surface area contributed by atoms with E-state index in [2.05, 4.69) is 21.2 Å². The summed E-state index contributed by atoms with van der Waals surface area (Å²) in [5, 5.41) is 21.4. The molecule has 3 rings (SSSR count). The summed E-state index contributed by atoms with van der Waals surface area (Å²) in [6, 6.07) is 10.5. The minimum absolute atomic E-state index is 0.217. The molecule has 10 nitrogen and oxygen atoms in total. The first kappa shape index (κ1) is 26.3. The average molecular weight is 509 g/mol. The van der Waals surface area contributed by atoms with Crippen molar-refractivity contribution in [2.75, 3.05) is 17.7 Å². The third kappa shape index (κ3) is 6.64. The maximum Gasteiger partial charge on any atom is 0.326 e. The molecule has 36 heavy (non-hydrogen) atoms. The lowest BCUT2D eigenvalue weighted by atomic mass is 10.1. The van der Waals surface area contributed by atoms with E-state index in [4.69, 9.17) is 11.5 Å². The highest BCUT2D eigenvalue weighted by atomic mass is 32.2. The number of aliphatic carboxylic acids is 2. The molecule has 0 unspecified atom stereocenters. The Kier molecular flexibility index (Phi) is 8.70. The molecule has 0 aliphatic heterocycles. The summed E-state index contributed by atoms with van der Waals surface area (Å²) in [6.45, 7) is 0.658. The molecule has 186 valence electrons. The number of aromatic amines is 1. The molecule has 1 atom stereocenters. The summed E-state index contributed by atoms with van der Waals surface area (Å²) in [7, 11) is 0. The number of rotatable bonds is 11. The van der Waals surface area contributed by atoms with E-state index in [0.29, 0.717) is 22.6 Å². The van der Waals surface area contributed by atoms with Crippen molar-refractivity contribution in [2.24, 2.45) is 0 Å². The van der Waals surface area contributed by atoms with Crippen LogP contribution in [0.3, 0.4) is 0 Å². The van der Waals surface area contributed by atoms with Crippen LogP contribution in [0.15, 0.2) is 52.4 Å². The molecule has 0 saturated carbocycles. The van der Waals surface area contributed by atoms with Gasteiger partial charge in [-0.25, -0.2) is 9.78 Å². The van der Waals surface area contributed by atoms with Crippen molar-refractivity contribution in [2.45, 2.75) is 30.6 Å². The number of carboxylic acids is 2. The van der Waals surface area contributed by atoms with E-state index in [-0.39, 0.29) is 30.5 Å². The van der Waals surface area contributed by atoms with Gasteiger partial charge < -0.3 is 25.4 Å². The van der Waals surface area contributed by atoms with Gasteiger partial charge in [-0.2, -0.15) is 0 Å². The van der Waals surface area contributed by atoms with Gasteiger partial charge in [-0.3, -0.25) is 14.4 Å². The first-order valence-corrected chi connectivity index (χ1v) is 12.0. The smallest absolute Gasteiger partial charge is 0.326 e. The maximum atomic E-state index is 12.5. The number of terminal acetylenes is 1. The summed E-state index contributed by atoms with van der Waals surface area (Å²) in [5.74, 6) is -0.489. The van der Waals surface area contributed by atoms with Gasteiger partial charge in [0.25, 0.3) is 11.5 Å². The number of H-pyrrole nitrogens is 1. The molecule has 0 spiro atoms. The van der Waals surface area contributed by atoms with E-state index in [1.165, 1.54) is 23.9 Å². The lowest BCUT2D eigenvalue weighted by Crippen LogP contribution is -2.41. The van der Waals surface area contributed by atoms with Gasteiger partial charge in [0.2, 0.25) is 0 Å². The standard InChI is InChI=1S/C25H24N4O6S/c1-3-12-29(14-15-4-9-19-18(13-15)23(33)28-25(27-19)36-2)17-7-5-16(6-8-17)22(32)26-20(24(34)35)10-11-21(30)31/h1,4-9,13,20H,10-12,14H2,2H3,(H,26,32)(H,30,31)(H,34,35)(H,27,28,33)/t20-/m0/s1. The Morgan fingerprint density at radius 1 is 1.19 bits per heavy atom. The molecule has 2 aromatic carbocycles. The van der Waals surface area contributed by atoms with Crippen molar-refractivity contribution < 1.29 is 24.6 Å². The molecule has 0 aliphatic rings. The number of aromatic nitrogens is 2. The second-order valence-electron chi connectivity index (χ2n) is 7.83. The Labute approximate surface area is 210 Å². The molecule has 0 aliphatic carbocycles. The molecule has 0 radical (unpaired) electrons. The third-order valence-electron chi connectivity index (χ3n) is 5.34. The van der Waals surface area contributed by atoms with Crippen LogP contribution in [-0.4, -0.2) is 56.9 Å². The SMILES string of the molecule is C#CCN(Cc1ccc2nc(SC)[nH]c(=O)c2c1)c1ccc(C(=O)N[C@@H](CCC(=O)O)C(=O)O)cc1. The Morgan fingerprint density at radius 2 is 1.92 bits per heavy atom. The molecule has 11 heteroatoms. The second-order valence-corrected chi connectivity index (χ2v) is 8.63. The Balaban J connectivity index is 1.77. The highest BCUT2D eigenvalue weighted by molar-refractivity contribution is 7.98. The van der Waals surface area contributed by atoms with Gasteiger partial charge in [0.15, 0.2) is 5.16 Å². The van der Waals surface area contributed by atoms with Crippen LogP contribution in [0.1, 0.15) is 28.8 Å². The largest absolute Gasteiger partial charge is 0.481 e. The summed E-state index contributed by atoms with van der Waals surface area (Å²) in [6.07, 6.45) is 6.77. The van der Waals surface area contributed by atoms with Crippen LogP contribution in [0.5, 0.6) is 0 Å². The Morgan fingerprint density at radius 3 is 2.53 bits per heavy atom. The second kappa shape index (κ2) is 11.9. The number of carbonyl (C=O) groups excluding carboxylic acids is 1. The first-order chi connectivity index (χ1) is 17.2. The fraction of sp³-hybridized carbons (Fsp3) is 0.240. The Bertz CT molecular complexity index is 1380. The van der Waals surface area contributed by atoms with Crippen molar-refractivity contribution in [3.8, 4) is 12.3 Å². The van der Waals surface area contributed by atoms with Crippen LogP contribution in [0.25, 0.3) is 10.9 Å². The average Bonchev–Trinajstić information content (AvgIpc) is 2.86. The number of carboxylic acid groups (broad SMARTS) is 2. The lowest BCUT2D eigenvalue weighted by molar-refractivity contribution is -0.140.